The fraction of sp³-hybridized carbons (Fsp3) is 0.333. The van der Waals surface area contributed by atoms with Crippen LogP contribution in [0.5, 0.6) is 0 Å². The van der Waals surface area contributed by atoms with Gasteiger partial charge in [-0.3, -0.25) is 9.52 Å². The summed E-state index contributed by atoms with van der Waals surface area (Å²) in [4.78, 5) is 19.2. The maximum Gasteiger partial charge on any atom is 0.263 e. The van der Waals surface area contributed by atoms with E-state index in [0.29, 0.717) is 16.4 Å². The highest BCUT2D eigenvalue weighted by molar-refractivity contribution is 7.92. The molecule has 3 heterocycles. The lowest BCUT2D eigenvalue weighted by Gasteiger charge is -2.16. The summed E-state index contributed by atoms with van der Waals surface area (Å²) in [6.45, 7) is 5.40. The Morgan fingerprint density at radius 1 is 1.20 bits per heavy atom. The molecule has 158 valence electrons. The van der Waals surface area contributed by atoms with E-state index in [1.807, 2.05) is 30.2 Å². The maximum absolute atomic E-state index is 13.0. The molecule has 4 rings (SSSR count). The number of sulfonamides is 1. The van der Waals surface area contributed by atoms with Crippen molar-refractivity contribution in [2.75, 3.05) is 17.8 Å². The Hall–Kier alpha value is -2.65. The average molecular weight is 445 g/mol. The van der Waals surface area contributed by atoms with E-state index in [-0.39, 0.29) is 17.3 Å². The van der Waals surface area contributed by atoms with E-state index in [0.717, 1.165) is 37.2 Å². The van der Waals surface area contributed by atoms with Gasteiger partial charge in [0.25, 0.3) is 10.0 Å². The zero-order valence-corrected chi connectivity index (χ0v) is 18.6. The lowest BCUT2D eigenvalue weighted by atomic mass is 10.2. The van der Waals surface area contributed by atoms with Crippen LogP contribution in [0.15, 0.2) is 46.8 Å². The van der Waals surface area contributed by atoms with Gasteiger partial charge in [-0.15, -0.1) is 11.3 Å². The fourth-order valence-corrected chi connectivity index (χ4v) is 5.46. The van der Waals surface area contributed by atoms with Crippen LogP contribution in [0.4, 0.5) is 5.69 Å². The summed E-state index contributed by atoms with van der Waals surface area (Å²) >= 11 is 1.43. The third-order valence-corrected chi connectivity index (χ3v) is 7.39. The van der Waals surface area contributed by atoms with Gasteiger partial charge in [-0.25, -0.2) is 13.4 Å². The van der Waals surface area contributed by atoms with Crippen LogP contribution in [-0.2, 0) is 21.4 Å². The van der Waals surface area contributed by atoms with Crippen molar-refractivity contribution in [2.45, 2.75) is 38.1 Å². The number of nitrogens with one attached hydrogen (secondary N) is 1. The SMILES string of the molecule is Cc1cccc(NS(=O)(=O)c2cc(-c3nc(C)cs3)n(CC(=O)N3CCCC3)c2)c1. The molecule has 0 radical (unpaired) electrons. The molecular weight excluding hydrogens is 420 g/mol. The summed E-state index contributed by atoms with van der Waals surface area (Å²) in [7, 11) is -3.81. The molecule has 0 aliphatic carbocycles. The Bertz CT molecular complexity index is 1170. The first-order chi connectivity index (χ1) is 14.3. The lowest BCUT2D eigenvalue weighted by Crippen LogP contribution is -2.31. The van der Waals surface area contributed by atoms with E-state index in [9.17, 15) is 13.2 Å². The number of aryl methyl sites for hydroxylation is 2. The van der Waals surface area contributed by atoms with Gasteiger partial charge in [-0.1, -0.05) is 12.1 Å². The van der Waals surface area contributed by atoms with Crippen molar-refractivity contribution >= 4 is 33.0 Å². The predicted molar refractivity (Wildman–Crippen MR) is 118 cm³/mol. The minimum atomic E-state index is -3.81. The Balaban J connectivity index is 1.68. The maximum atomic E-state index is 13.0. The van der Waals surface area contributed by atoms with E-state index in [2.05, 4.69) is 9.71 Å². The van der Waals surface area contributed by atoms with Crippen LogP contribution in [-0.4, -0.2) is 41.9 Å². The molecule has 1 N–H and O–H groups in total. The second kappa shape index (κ2) is 8.23. The second-order valence-electron chi connectivity index (χ2n) is 7.55. The first-order valence-corrected chi connectivity index (χ1v) is 12.2. The molecule has 1 fully saturated rings. The summed E-state index contributed by atoms with van der Waals surface area (Å²) in [6.07, 6.45) is 3.55. The highest BCUT2D eigenvalue weighted by Gasteiger charge is 2.24. The number of carbonyl (C=O) groups excluding carboxylic acids is 1. The molecular formula is C21H24N4O3S2. The molecule has 9 heteroatoms. The van der Waals surface area contributed by atoms with Crippen molar-refractivity contribution in [1.82, 2.24) is 14.5 Å². The van der Waals surface area contributed by atoms with Crippen LogP contribution in [0.1, 0.15) is 24.1 Å². The van der Waals surface area contributed by atoms with Gasteiger partial charge in [-0.05, 0) is 50.5 Å². The first kappa shape index (κ1) is 20.6. The van der Waals surface area contributed by atoms with Crippen molar-refractivity contribution in [3.05, 3.63) is 53.2 Å². The first-order valence-electron chi connectivity index (χ1n) is 9.82. The van der Waals surface area contributed by atoms with Crippen molar-refractivity contribution < 1.29 is 13.2 Å². The average Bonchev–Trinajstić information content (AvgIpc) is 3.41. The number of carbonyl (C=O) groups is 1. The molecule has 7 nitrogen and oxygen atoms in total. The number of amides is 1. The lowest BCUT2D eigenvalue weighted by molar-refractivity contribution is -0.130. The molecule has 0 unspecified atom stereocenters. The molecule has 0 atom stereocenters. The number of rotatable bonds is 6. The Kier molecular flexibility index (Phi) is 5.66. The van der Waals surface area contributed by atoms with Gasteiger partial charge in [0, 0.05) is 36.0 Å². The summed E-state index contributed by atoms with van der Waals surface area (Å²) in [5.74, 6) is -0.00628. The number of nitrogens with zero attached hydrogens (tertiary/aromatic N) is 3. The Morgan fingerprint density at radius 3 is 2.63 bits per heavy atom. The quantitative estimate of drug-likeness (QED) is 0.629. The normalized spacial score (nSPS) is 14.3. The van der Waals surface area contributed by atoms with Crippen molar-refractivity contribution in [3.8, 4) is 10.7 Å². The van der Waals surface area contributed by atoms with Gasteiger partial charge >= 0.3 is 0 Å². The minimum Gasteiger partial charge on any atom is -0.341 e. The zero-order chi connectivity index (χ0) is 21.3. The van der Waals surface area contributed by atoms with E-state index in [1.54, 1.807) is 28.8 Å². The molecule has 2 aromatic heterocycles. The summed E-state index contributed by atoms with van der Waals surface area (Å²) in [5, 5.41) is 2.60. The number of thiazole rings is 1. The van der Waals surface area contributed by atoms with Crippen LogP contribution >= 0.6 is 11.3 Å². The van der Waals surface area contributed by atoms with Crippen LogP contribution in [0.3, 0.4) is 0 Å². The molecule has 30 heavy (non-hydrogen) atoms. The van der Waals surface area contributed by atoms with E-state index < -0.39 is 10.0 Å². The molecule has 1 saturated heterocycles. The van der Waals surface area contributed by atoms with Crippen LogP contribution in [0.25, 0.3) is 10.7 Å². The topological polar surface area (TPSA) is 84.3 Å². The molecule has 0 bridgehead atoms. The summed E-state index contributed by atoms with van der Waals surface area (Å²) < 4.78 is 30.4. The third kappa shape index (κ3) is 4.41. The molecule has 1 aliphatic rings. The Morgan fingerprint density at radius 2 is 1.97 bits per heavy atom. The van der Waals surface area contributed by atoms with Crippen molar-refractivity contribution in [2.24, 2.45) is 0 Å². The molecule has 0 spiro atoms. The molecule has 1 aromatic carbocycles. The monoisotopic (exact) mass is 444 g/mol. The zero-order valence-electron chi connectivity index (χ0n) is 17.0. The summed E-state index contributed by atoms with van der Waals surface area (Å²) in [5.41, 5.74) is 2.95. The number of likely N-dealkylation sites (tertiary alicyclic amines) is 1. The molecule has 0 saturated carbocycles. The number of hydrogen-bond acceptors (Lipinski definition) is 5. The van der Waals surface area contributed by atoms with Gasteiger partial charge in [0.1, 0.15) is 16.4 Å². The van der Waals surface area contributed by atoms with Gasteiger partial charge in [0.05, 0.1) is 5.69 Å². The number of benzene rings is 1. The number of hydrogen-bond donors (Lipinski definition) is 1. The van der Waals surface area contributed by atoms with Crippen LogP contribution in [0, 0.1) is 13.8 Å². The fourth-order valence-electron chi connectivity index (χ4n) is 3.55. The van der Waals surface area contributed by atoms with Gasteiger partial charge < -0.3 is 9.47 Å². The van der Waals surface area contributed by atoms with Crippen LogP contribution in [0.2, 0.25) is 0 Å². The van der Waals surface area contributed by atoms with E-state index in [1.165, 1.54) is 17.5 Å². The third-order valence-electron chi connectivity index (χ3n) is 5.05. The van der Waals surface area contributed by atoms with Crippen LogP contribution < -0.4 is 4.72 Å². The van der Waals surface area contributed by atoms with E-state index in [4.69, 9.17) is 0 Å². The number of aromatic nitrogens is 2. The van der Waals surface area contributed by atoms with Crippen molar-refractivity contribution in [1.29, 1.82) is 0 Å². The molecule has 1 amide bonds. The van der Waals surface area contributed by atoms with Gasteiger partial charge in [0.2, 0.25) is 5.91 Å². The van der Waals surface area contributed by atoms with E-state index >= 15 is 0 Å². The van der Waals surface area contributed by atoms with Gasteiger partial charge in [-0.2, -0.15) is 0 Å². The smallest absolute Gasteiger partial charge is 0.263 e. The van der Waals surface area contributed by atoms with Crippen molar-refractivity contribution in [3.63, 3.8) is 0 Å². The standard InChI is InChI=1S/C21H24N4O3S2/c1-15-6-5-7-17(10-15)23-30(27,28)18-11-19(21-22-16(2)14-29-21)25(12-18)13-20(26)24-8-3-4-9-24/h5-7,10-12,14,23H,3-4,8-9,13H2,1-2H3. The largest absolute Gasteiger partial charge is 0.341 e. The van der Waals surface area contributed by atoms with Gasteiger partial charge in [0.15, 0.2) is 0 Å². The molecule has 1 aliphatic heterocycles. The Labute approximate surface area is 180 Å². The minimum absolute atomic E-state index is 0.00628. The second-order valence-corrected chi connectivity index (χ2v) is 10.1. The summed E-state index contributed by atoms with van der Waals surface area (Å²) in [6, 6.07) is 8.78. The highest BCUT2D eigenvalue weighted by Crippen LogP contribution is 2.29. The molecule has 3 aromatic rings. The number of anilines is 1. The highest BCUT2D eigenvalue weighted by atomic mass is 32.2. The predicted octanol–water partition coefficient (Wildman–Crippen LogP) is 3.65.